The fraction of sp³-hybridized carbons (Fsp3) is 0.533. The molecule has 0 spiro atoms. The third-order valence-electron chi connectivity index (χ3n) is 4.22. The highest BCUT2D eigenvalue weighted by molar-refractivity contribution is 5.89. The maximum absolute atomic E-state index is 4.12. The molecule has 96 valence electrons. The molecule has 1 saturated carbocycles. The highest BCUT2D eigenvalue weighted by Gasteiger charge is 2.20. The molecule has 1 aromatic heterocycles. The number of aromatic amines is 1. The van der Waals surface area contributed by atoms with Gasteiger partial charge in [0, 0.05) is 11.4 Å². The van der Waals surface area contributed by atoms with E-state index >= 15 is 0 Å². The normalized spacial score (nSPS) is 18.9. The molecule has 1 aliphatic rings. The summed E-state index contributed by atoms with van der Waals surface area (Å²) in [5.74, 6) is 0.817. The third kappa shape index (κ3) is 2.22. The van der Waals surface area contributed by atoms with Crippen molar-refractivity contribution in [1.29, 1.82) is 0 Å². The molecule has 1 atom stereocenters. The molecule has 2 aromatic rings. The van der Waals surface area contributed by atoms with Gasteiger partial charge in [0.15, 0.2) is 0 Å². The number of H-pyrrole nitrogens is 1. The first-order valence-electron chi connectivity index (χ1n) is 7.03. The number of hydrogen-bond acceptors (Lipinski definition) is 2. The Morgan fingerprint density at radius 1 is 1.28 bits per heavy atom. The van der Waals surface area contributed by atoms with Gasteiger partial charge in [0.05, 0.1) is 17.4 Å². The molecule has 3 nitrogen and oxygen atoms in total. The van der Waals surface area contributed by atoms with Gasteiger partial charge in [-0.25, -0.2) is 0 Å². The summed E-state index contributed by atoms with van der Waals surface area (Å²) in [5, 5.41) is 12.0. The van der Waals surface area contributed by atoms with E-state index < -0.39 is 0 Å². The lowest BCUT2D eigenvalue weighted by molar-refractivity contribution is 0.328. The van der Waals surface area contributed by atoms with Gasteiger partial charge in [-0.05, 0) is 31.7 Å². The van der Waals surface area contributed by atoms with Gasteiger partial charge < -0.3 is 5.32 Å². The molecule has 3 heteroatoms. The van der Waals surface area contributed by atoms with Gasteiger partial charge in [0.2, 0.25) is 0 Å². The molecule has 0 radical (unpaired) electrons. The van der Waals surface area contributed by atoms with E-state index in [1.165, 1.54) is 43.2 Å². The minimum absolute atomic E-state index is 0.541. The maximum atomic E-state index is 4.12. The van der Waals surface area contributed by atoms with Crippen molar-refractivity contribution in [2.75, 3.05) is 5.32 Å². The number of benzene rings is 1. The molecule has 1 heterocycles. The van der Waals surface area contributed by atoms with Crippen LogP contribution in [0.3, 0.4) is 0 Å². The van der Waals surface area contributed by atoms with Crippen molar-refractivity contribution in [3.63, 3.8) is 0 Å². The fourth-order valence-electron chi connectivity index (χ4n) is 3.09. The van der Waals surface area contributed by atoms with Crippen molar-refractivity contribution in [2.45, 2.75) is 45.1 Å². The van der Waals surface area contributed by atoms with E-state index in [0.29, 0.717) is 6.04 Å². The van der Waals surface area contributed by atoms with Crippen LogP contribution in [0.1, 0.15) is 39.0 Å². The fourth-order valence-corrected chi connectivity index (χ4v) is 3.09. The standard InChI is InChI=1S/C15H21N3/c1-11(12-6-3-2-4-7-12)17-14-9-5-8-13-10-16-18-15(13)14/h5,8-12,17H,2-4,6-7H2,1H3,(H,16,18). The Labute approximate surface area is 108 Å². The monoisotopic (exact) mass is 243 g/mol. The summed E-state index contributed by atoms with van der Waals surface area (Å²) in [4.78, 5) is 0. The highest BCUT2D eigenvalue weighted by atomic mass is 15.1. The van der Waals surface area contributed by atoms with Gasteiger partial charge in [0.1, 0.15) is 0 Å². The number of hydrogen-bond donors (Lipinski definition) is 2. The summed E-state index contributed by atoms with van der Waals surface area (Å²) >= 11 is 0. The van der Waals surface area contributed by atoms with Crippen LogP contribution in [0.5, 0.6) is 0 Å². The van der Waals surface area contributed by atoms with Crippen LogP contribution < -0.4 is 5.32 Å². The van der Waals surface area contributed by atoms with Crippen molar-refractivity contribution in [2.24, 2.45) is 5.92 Å². The van der Waals surface area contributed by atoms with Crippen LogP contribution in [0.4, 0.5) is 5.69 Å². The van der Waals surface area contributed by atoms with Gasteiger partial charge in [0.25, 0.3) is 0 Å². The van der Waals surface area contributed by atoms with Gasteiger partial charge in [-0.3, -0.25) is 5.10 Å². The van der Waals surface area contributed by atoms with Crippen LogP contribution in [0.15, 0.2) is 24.4 Å². The number of nitrogens with zero attached hydrogens (tertiary/aromatic N) is 1. The first-order chi connectivity index (χ1) is 8.84. The second-order valence-corrected chi connectivity index (χ2v) is 5.47. The molecule has 1 aromatic carbocycles. The Morgan fingerprint density at radius 3 is 2.94 bits per heavy atom. The summed E-state index contributed by atoms with van der Waals surface area (Å²) < 4.78 is 0. The number of anilines is 1. The summed E-state index contributed by atoms with van der Waals surface area (Å²) in [7, 11) is 0. The lowest BCUT2D eigenvalue weighted by Gasteiger charge is -2.29. The number of rotatable bonds is 3. The zero-order chi connectivity index (χ0) is 12.4. The van der Waals surface area contributed by atoms with Crippen LogP contribution >= 0.6 is 0 Å². The van der Waals surface area contributed by atoms with Crippen molar-refractivity contribution in [1.82, 2.24) is 10.2 Å². The lowest BCUT2D eigenvalue weighted by atomic mass is 9.84. The molecule has 0 amide bonds. The lowest BCUT2D eigenvalue weighted by Crippen LogP contribution is -2.27. The molecule has 0 aliphatic heterocycles. The molecular formula is C15H21N3. The second-order valence-electron chi connectivity index (χ2n) is 5.47. The minimum atomic E-state index is 0.541. The first kappa shape index (κ1) is 11.6. The van der Waals surface area contributed by atoms with E-state index in [9.17, 15) is 0 Å². The van der Waals surface area contributed by atoms with Gasteiger partial charge in [-0.1, -0.05) is 31.4 Å². The van der Waals surface area contributed by atoms with Gasteiger partial charge >= 0.3 is 0 Å². The molecule has 1 fully saturated rings. The third-order valence-corrected chi connectivity index (χ3v) is 4.22. The Balaban J connectivity index is 1.77. The van der Waals surface area contributed by atoms with E-state index in [-0.39, 0.29) is 0 Å². The smallest absolute Gasteiger partial charge is 0.0881 e. The number of nitrogens with one attached hydrogen (secondary N) is 2. The SMILES string of the molecule is CC(Nc1cccc2cn[nH]c12)C1CCCCC1. The predicted octanol–water partition coefficient (Wildman–Crippen LogP) is 3.94. The van der Waals surface area contributed by atoms with E-state index in [0.717, 1.165) is 11.4 Å². The quantitative estimate of drug-likeness (QED) is 0.857. The first-order valence-corrected chi connectivity index (χ1v) is 7.03. The predicted molar refractivity (Wildman–Crippen MR) is 75.8 cm³/mol. The molecule has 0 saturated heterocycles. The summed E-state index contributed by atoms with van der Waals surface area (Å²) in [6, 6.07) is 6.86. The van der Waals surface area contributed by atoms with Crippen molar-refractivity contribution < 1.29 is 0 Å². The number of aromatic nitrogens is 2. The molecule has 18 heavy (non-hydrogen) atoms. The molecule has 2 N–H and O–H groups in total. The summed E-state index contributed by atoms with van der Waals surface area (Å²) in [6.45, 7) is 2.31. The Bertz CT molecular complexity index is 511. The Kier molecular flexibility index (Phi) is 3.22. The topological polar surface area (TPSA) is 40.7 Å². The van der Waals surface area contributed by atoms with Crippen molar-refractivity contribution >= 4 is 16.6 Å². The minimum Gasteiger partial charge on any atom is -0.381 e. The summed E-state index contributed by atoms with van der Waals surface area (Å²) in [6.07, 6.45) is 8.82. The molecular weight excluding hydrogens is 222 g/mol. The summed E-state index contributed by atoms with van der Waals surface area (Å²) in [5.41, 5.74) is 2.31. The molecule has 0 bridgehead atoms. The van der Waals surface area contributed by atoms with Crippen molar-refractivity contribution in [3.05, 3.63) is 24.4 Å². The molecule has 3 rings (SSSR count). The van der Waals surface area contributed by atoms with Gasteiger partial charge in [-0.15, -0.1) is 0 Å². The highest BCUT2D eigenvalue weighted by Crippen LogP contribution is 2.29. The average Bonchev–Trinajstić information content (AvgIpc) is 2.89. The Hall–Kier alpha value is -1.51. The van der Waals surface area contributed by atoms with Crippen LogP contribution in [0.25, 0.3) is 10.9 Å². The molecule has 1 aliphatic carbocycles. The average molecular weight is 243 g/mol. The van der Waals surface area contributed by atoms with E-state index in [1.54, 1.807) is 0 Å². The number of fused-ring (bicyclic) bond motifs is 1. The zero-order valence-electron chi connectivity index (χ0n) is 10.9. The van der Waals surface area contributed by atoms with E-state index in [4.69, 9.17) is 0 Å². The largest absolute Gasteiger partial charge is 0.381 e. The number of para-hydroxylation sites is 1. The second kappa shape index (κ2) is 5.01. The van der Waals surface area contributed by atoms with Crippen LogP contribution in [0, 0.1) is 5.92 Å². The van der Waals surface area contributed by atoms with Crippen molar-refractivity contribution in [3.8, 4) is 0 Å². The molecule has 1 unspecified atom stereocenters. The maximum Gasteiger partial charge on any atom is 0.0881 e. The van der Waals surface area contributed by atoms with Crippen LogP contribution in [0.2, 0.25) is 0 Å². The van der Waals surface area contributed by atoms with E-state index in [2.05, 4.69) is 40.6 Å². The van der Waals surface area contributed by atoms with Gasteiger partial charge in [-0.2, -0.15) is 5.10 Å². The Morgan fingerprint density at radius 2 is 2.11 bits per heavy atom. The van der Waals surface area contributed by atoms with Crippen LogP contribution in [-0.4, -0.2) is 16.2 Å². The van der Waals surface area contributed by atoms with Crippen LogP contribution in [-0.2, 0) is 0 Å². The zero-order valence-corrected chi connectivity index (χ0v) is 10.9. The van der Waals surface area contributed by atoms with E-state index in [1.807, 2.05) is 6.20 Å².